The van der Waals surface area contributed by atoms with Crippen LogP contribution in [0.25, 0.3) is 0 Å². The zero-order valence-corrected chi connectivity index (χ0v) is 18.6. The Kier molecular flexibility index (Phi) is 9.28. The molecule has 0 bridgehead atoms. The lowest BCUT2D eigenvalue weighted by Crippen LogP contribution is -2.35. The van der Waals surface area contributed by atoms with Crippen LogP contribution in [0.15, 0.2) is 48.5 Å². The molecule has 0 aliphatic heterocycles. The third-order valence-electron chi connectivity index (χ3n) is 4.44. The Bertz CT molecular complexity index is 845. The monoisotopic (exact) mass is 427 g/mol. The lowest BCUT2D eigenvalue weighted by Gasteiger charge is -2.21. The molecule has 7 heteroatoms. The Morgan fingerprint density at radius 3 is 2.10 bits per heavy atom. The van der Waals surface area contributed by atoms with Crippen molar-refractivity contribution >= 4 is 34.8 Å². The van der Waals surface area contributed by atoms with Crippen molar-refractivity contribution in [2.24, 2.45) is 0 Å². The van der Waals surface area contributed by atoms with Crippen LogP contribution in [-0.2, 0) is 11.2 Å². The third-order valence-corrected chi connectivity index (χ3v) is 4.64. The molecule has 0 radical (unpaired) electrons. The number of anilines is 1. The van der Waals surface area contributed by atoms with E-state index in [4.69, 9.17) is 17.0 Å². The number of hydrogen-bond acceptors (Lipinski definition) is 4. The van der Waals surface area contributed by atoms with E-state index in [1.165, 1.54) is 0 Å². The maximum Gasteiger partial charge on any atom is 0.253 e. The first-order valence-corrected chi connectivity index (χ1v) is 10.5. The Hall–Kier alpha value is -2.93. The Labute approximate surface area is 183 Å². The summed E-state index contributed by atoms with van der Waals surface area (Å²) in [6.45, 7) is 5.62. The number of thiocarbonyl (C=S) groups is 1. The van der Waals surface area contributed by atoms with Crippen LogP contribution in [0.3, 0.4) is 0 Å². The summed E-state index contributed by atoms with van der Waals surface area (Å²) >= 11 is 5.22. The molecule has 0 atom stereocenters. The minimum Gasteiger partial charge on any atom is -0.497 e. The van der Waals surface area contributed by atoms with Crippen molar-refractivity contribution in [2.75, 3.05) is 25.5 Å². The van der Waals surface area contributed by atoms with Gasteiger partial charge in [-0.1, -0.05) is 26.0 Å². The molecule has 0 heterocycles. The Morgan fingerprint density at radius 2 is 1.57 bits per heavy atom. The van der Waals surface area contributed by atoms with Crippen molar-refractivity contribution in [1.82, 2.24) is 10.2 Å². The van der Waals surface area contributed by atoms with E-state index in [-0.39, 0.29) is 23.3 Å². The number of benzene rings is 2. The first kappa shape index (κ1) is 23.3. The molecule has 0 aliphatic carbocycles. The second-order valence-corrected chi connectivity index (χ2v) is 7.30. The van der Waals surface area contributed by atoms with Crippen LogP contribution in [0, 0.1) is 0 Å². The van der Waals surface area contributed by atoms with E-state index in [1.54, 1.807) is 31.4 Å². The van der Waals surface area contributed by atoms with Gasteiger partial charge in [0, 0.05) is 24.3 Å². The maximum atomic E-state index is 12.6. The number of nitrogens with zero attached hydrogens (tertiary/aromatic N) is 1. The lowest BCUT2D eigenvalue weighted by atomic mass is 10.1. The highest BCUT2D eigenvalue weighted by molar-refractivity contribution is 7.80. The van der Waals surface area contributed by atoms with Gasteiger partial charge in [0.15, 0.2) is 5.11 Å². The Balaban J connectivity index is 1.88. The molecule has 0 saturated heterocycles. The first-order valence-electron chi connectivity index (χ1n) is 10.1. The predicted molar refractivity (Wildman–Crippen MR) is 124 cm³/mol. The van der Waals surface area contributed by atoms with Gasteiger partial charge in [-0.3, -0.25) is 9.59 Å². The van der Waals surface area contributed by atoms with Gasteiger partial charge in [0.1, 0.15) is 5.75 Å². The summed E-state index contributed by atoms with van der Waals surface area (Å²) in [6, 6.07) is 14.4. The van der Waals surface area contributed by atoms with Crippen molar-refractivity contribution in [3.63, 3.8) is 0 Å². The molecule has 0 aliphatic rings. The molecule has 0 fully saturated rings. The van der Waals surface area contributed by atoms with Crippen LogP contribution < -0.4 is 15.4 Å². The normalized spacial score (nSPS) is 10.2. The molecule has 0 unspecified atom stereocenters. The van der Waals surface area contributed by atoms with Gasteiger partial charge in [0.05, 0.1) is 13.5 Å². The van der Waals surface area contributed by atoms with Gasteiger partial charge >= 0.3 is 0 Å². The topological polar surface area (TPSA) is 70.7 Å². The summed E-state index contributed by atoms with van der Waals surface area (Å²) in [7, 11) is 1.60. The number of amides is 2. The number of methoxy groups -OCH3 is 1. The fourth-order valence-corrected chi connectivity index (χ4v) is 3.23. The molecule has 2 N–H and O–H groups in total. The maximum absolute atomic E-state index is 12.6. The number of nitrogens with one attached hydrogen (secondary N) is 2. The summed E-state index contributed by atoms with van der Waals surface area (Å²) in [6.07, 6.45) is 2.07. The molecule has 30 heavy (non-hydrogen) atoms. The summed E-state index contributed by atoms with van der Waals surface area (Å²) in [4.78, 5) is 26.7. The van der Waals surface area contributed by atoms with Crippen molar-refractivity contribution in [1.29, 1.82) is 0 Å². The number of carbonyl (C=O) groups excluding carboxylic acids is 2. The van der Waals surface area contributed by atoms with Crippen LogP contribution in [0.5, 0.6) is 5.75 Å². The molecule has 160 valence electrons. The highest BCUT2D eigenvalue weighted by atomic mass is 32.1. The fraction of sp³-hybridized carbons (Fsp3) is 0.348. The van der Waals surface area contributed by atoms with Gasteiger partial charge in [0.25, 0.3) is 5.91 Å². The van der Waals surface area contributed by atoms with Crippen LogP contribution in [0.4, 0.5) is 5.69 Å². The fourth-order valence-electron chi connectivity index (χ4n) is 3.00. The SMILES string of the molecule is CCCN(CCC)C(=O)c1ccc(NC(=S)NC(=O)Cc2ccc(OC)cc2)cc1. The van der Waals surface area contributed by atoms with Gasteiger partial charge in [0.2, 0.25) is 5.91 Å². The van der Waals surface area contributed by atoms with Crippen LogP contribution in [-0.4, -0.2) is 42.0 Å². The number of rotatable bonds is 9. The van der Waals surface area contributed by atoms with Crippen molar-refractivity contribution in [2.45, 2.75) is 33.1 Å². The highest BCUT2D eigenvalue weighted by Gasteiger charge is 2.14. The molecule has 0 saturated carbocycles. The van der Waals surface area contributed by atoms with E-state index in [0.717, 1.165) is 37.2 Å². The predicted octanol–water partition coefficient (Wildman–Crippen LogP) is 4.01. The average Bonchev–Trinajstić information content (AvgIpc) is 2.74. The lowest BCUT2D eigenvalue weighted by molar-refractivity contribution is -0.119. The largest absolute Gasteiger partial charge is 0.497 e. The van der Waals surface area contributed by atoms with Gasteiger partial charge in [-0.25, -0.2) is 0 Å². The third kappa shape index (κ3) is 7.15. The van der Waals surface area contributed by atoms with Crippen LogP contribution in [0.1, 0.15) is 42.6 Å². The van der Waals surface area contributed by atoms with Crippen molar-refractivity contribution in [3.8, 4) is 5.75 Å². The van der Waals surface area contributed by atoms with Gasteiger partial charge < -0.3 is 20.3 Å². The molecule has 0 aromatic heterocycles. The van der Waals surface area contributed by atoms with Crippen LogP contribution >= 0.6 is 12.2 Å². The summed E-state index contributed by atoms with van der Waals surface area (Å²) < 4.78 is 5.11. The summed E-state index contributed by atoms with van der Waals surface area (Å²) in [5.74, 6) is 0.561. The van der Waals surface area contributed by atoms with Crippen molar-refractivity contribution in [3.05, 3.63) is 59.7 Å². The number of ether oxygens (including phenoxy) is 1. The van der Waals surface area contributed by atoms with E-state index in [2.05, 4.69) is 24.5 Å². The van der Waals surface area contributed by atoms with E-state index in [0.29, 0.717) is 11.3 Å². The zero-order chi connectivity index (χ0) is 21.9. The average molecular weight is 428 g/mol. The summed E-state index contributed by atoms with van der Waals surface area (Å²) in [5.41, 5.74) is 2.21. The molecule has 2 aromatic rings. The van der Waals surface area contributed by atoms with E-state index >= 15 is 0 Å². The molecular weight excluding hydrogens is 398 g/mol. The van der Waals surface area contributed by atoms with Gasteiger partial charge in [-0.2, -0.15) is 0 Å². The molecule has 2 rings (SSSR count). The molecule has 6 nitrogen and oxygen atoms in total. The second kappa shape index (κ2) is 11.9. The van der Waals surface area contributed by atoms with Crippen molar-refractivity contribution < 1.29 is 14.3 Å². The number of hydrogen-bond donors (Lipinski definition) is 2. The van der Waals surface area contributed by atoms with E-state index in [9.17, 15) is 9.59 Å². The van der Waals surface area contributed by atoms with E-state index in [1.807, 2.05) is 29.2 Å². The minimum absolute atomic E-state index is 0.0284. The van der Waals surface area contributed by atoms with Gasteiger partial charge in [-0.15, -0.1) is 0 Å². The molecule has 0 spiro atoms. The Morgan fingerprint density at radius 1 is 0.967 bits per heavy atom. The number of carbonyl (C=O) groups is 2. The summed E-state index contributed by atoms with van der Waals surface area (Å²) in [5, 5.41) is 5.86. The first-order chi connectivity index (χ1) is 14.5. The smallest absolute Gasteiger partial charge is 0.253 e. The second-order valence-electron chi connectivity index (χ2n) is 6.90. The highest BCUT2D eigenvalue weighted by Crippen LogP contribution is 2.13. The molecule has 2 aromatic carbocycles. The standard InChI is InChI=1S/C23H29N3O3S/c1-4-14-26(15-5-2)22(28)18-8-10-19(11-9-18)24-23(30)25-21(27)16-17-6-12-20(29-3)13-7-17/h6-13H,4-5,14-16H2,1-3H3,(H2,24,25,27,30). The minimum atomic E-state index is -0.209. The van der Waals surface area contributed by atoms with Crippen LogP contribution in [0.2, 0.25) is 0 Å². The van der Waals surface area contributed by atoms with E-state index < -0.39 is 0 Å². The zero-order valence-electron chi connectivity index (χ0n) is 17.7. The molecule has 2 amide bonds. The quantitative estimate of drug-likeness (QED) is 0.592. The van der Waals surface area contributed by atoms with Gasteiger partial charge in [-0.05, 0) is 67.0 Å². The molecular formula is C23H29N3O3S.